The van der Waals surface area contributed by atoms with Crippen LogP contribution < -0.4 is 16.5 Å². The normalized spacial score (nSPS) is 10.8. The van der Waals surface area contributed by atoms with Crippen LogP contribution in [0.5, 0.6) is 0 Å². The lowest BCUT2D eigenvalue weighted by molar-refractivity contribution is -0.129. The van der Waals surface area contributed by atoms with E-state index in [2.05, 4.69) is 25.4 Å². The summed E-state index contributed by atoms with van der Waals surface area (Å²) >= 11 is 0. The Morgan fingerprint density at radius 3 is 2.64 bits per heavy atom. The average molecular weight is 446 g/mol. The van der Waals surface area contributed by atoms with Crippen molar-refractivity contribution < 1.29 is 14.8 Å². The van der Waals surface area contributed by atoms with Gasteiger partial charge in [-0.3, -0.25) is 14.8 Å². The van der Waals surface area contributed by atoms with Gasteiger partial charge < -0.3 is 11.1 Å². The fourth-order valence-electron chi connectivity index (χ4n) is 3.41. The van der Waals surface area contributed by atoms with E-state index < -0.39 is 5.91 Å². The predicted octanol–water partition coefficient (Wildman–Crippen LogP) is 2.32. The van der Waals surface area contributed by atoms with Gasteiger partial charge >= 0.3 is 0 Å². The number of hydrogen-bond donors (Lipinski definition) is 4. The average Bonchev–Trinajstić information content (AvgIpc) is 3.19. The highest BCUT2D eigenvalue weighted by atomic mass is 16.5. The van der Waals surface area contributed by atoms with Gasteiger partial charge in [0.05, 0.1) is 5.39 Å². The second kappa shape index (κ2) is 9.40. The minimum Gasteiger partial charge on any atom is -0.383 e. The molecule has 1 aromatic carbocycles. The molecule has 33 heavy (non-hydrogen) atoms. The molecule has 4 rings (SSSR count). The van der Waals surface area contributed by atoms with Crippen LogP contribution in [0.15, 0.2) is 48.9 Å². The van der Waals surface area contributed by atoms with Crippen molar-refractivity contribution in [2.45, 2.75) is 26.3 Å². The number of nitrogens with zero attached hydrogens (tertiary/aromatic N) is 5. The molecule has 2 amide bonds. The largest absolute Gasteiger partial charge is 0.383 e. The number of nitrogen functional groups attached to an aromatic ring is 1. The Balaban J connectivity index is 1.59. The number of carbonyl (C=O) groups is 2. The van der Waals surface area contributed by atoms with Gasteiger partial charge in [-0.25, -0.2) is 25.1 Å². The first-order chi connectivity index (χ1) is 16.0. The van der Waals surface area contributed by atoms with Crippen molar-refractivity contribution in [3.8, 4) is 11.3 Å². The van der Waals surface area contributed by atoms with Crippen LogP contribution in [0.4, 0.5) is 11.6 Å². The van der Waals surface area contributed by atoms with Gasteiger partial charge in [-0.2, -0.15) is 5.10 Å². The Morgan fingerprint density at radius 2 is 1.91 bits per heavy atom. The van der Waals surface area contributed by atoms with Gasteiger partial charge in [0.1, 0.15) is 23.7 Å². The van der Waals surface area contributed by atoms with Gasteiger partial charge in [0.2, 0.25) is 5.91 Å². The van der Waals surface area contributed by atoms with E-state index in [9.17, 15) is 9.59 Å². The van der Waals surface area contributed by atoms with Crippen molar-refractivity contribution in [2.24, 2.45) is 0 Å². The molecule has 0 unspecified atom stereocenters. The lowest BCUT2D eigenvalue weighted by atomic mass is 10.1. The minimum atomic E-state index is -0.476. The second-order valence-corrected chi connectivity index (χ2v) is 7.42. The van der Waals surface area contributed by atoms with Gasteiger partial charge in [-0.15, -0.1) is 0 Å². The molecule has 3 heterocycles. The molecule has 0 fully saturated rings. The van der Waals surface area contributed by atoms with Crippen LogP contribution in [0, 0.1) is 6.92 Å². The van der Waals surface area contributed by atoms with E-state index in [1.807, 2.05) is 13.0 Å². The zero-order valence-corrected chi connectivity index (χ0v) is 17.8. The van der Waals surface area contributed by atoms with Gasteiger partial charge in [0.15, 0.2) is 5.65 Å². The van der Waals surface area contributed by atoms with Crippen LogP contribution in [-0.2, 0) is 11.3 Å². The third-order valence-electron chi connectivity index (χ3n) is 5.03. The van der Waals surface area contributed by atoms with Crippen molar-refractivity contribution in [1.82, 2.24) is 30.2 Å². The molecule has 0 atom stereocenters. The maximum absolute atomic E-state index is 12.6. The van der Waals surface area contributed by atoms with Crippen LogP contribution >= 0.6 is 0 Å². The predicted molar refractivity (Wildman–Crippen MR) is 121 cm³/mol. The maximum Gasteiger partial charge on any atom is 0.256 e. The van der Waals surface area contributed by atoms with Gasteiger partial charge in [0.25, 0.3) is 5.91 Å². The van der Waals surface area contributed by atoms with Gasteiger partial charge in [0, 0.05) is 30.3 Å². The van der Waals surface area contributed by atoms with Crippen molar-refractivity contribution in [2.75, 3.05) is 11.1 Å². The SMILES string of the molecule is Cc1ccnc(NC(=O)c2ccc(-c3nn(CCCC(=O)NO)c4ncnc(N)c34)cc2)c1. The molecular formula is C22H22N8O3. The molecule has 0 spiro atoms. The Hall–Kier alpha value is -4.38. The smallest absolute Gasteiger partial charge is 0.256 e. The lowest BCUT2D eigenvalue weighted by Crippen LogP contribution is -2.18. The molecular weight excluding hydrogens is 424 g/mol. The zero-order chi connectivity index (χ0) is 23.4. The van der Waals surface area contributed by atoms with Gasteiger partial charge in [-0.1, -0.05) is 12.1 Å². The van der Waals surface area contributed by atoms with Crippen LogP contribution in [0.1, 0.15) is 28.8 Å². The highest BCUT2D eigenvalue weighted by Gasteiger charge is 2.18. The van der Waals surface area contributed by atoms with Crippen molar-refractivity contribution in [1.29, 1.82) is 0 Å². The van der Waals surface area contributed by atoms with E-state index in [4.69, 9.17) is 10.9 Å². The number of benzene rings is 1. The van der Waals surface area contributed by atoms with E-state index in [0.717, 1.165) is 11.1 Å². The molecule has 0 aliphatic heterocycles. The highest BCUT2D eigenvalue weighted by molar-refractivity contribution is 6.04. The molecule has 5 N–H and O–H groups in total. The summed E-state index contributed by atoms with van der Waals surface area (Å²) in [5.41, 5.74) is 11.0. The third kappa shape index (κ3) is 4.77. The van der Waals surface area contributed by atoms with Crippen LogP contribution in [0.2, 0.25) is 0 Å². The van der Waals surface area contributed by atoms with E-state index in [0.29, 0.717) is 41.1 Å². The first kappa shape index (κ1) is 21.8. The number of amides is 2. The number of nitrogens with two attached hydrogens (primary N) is 1. The summed E-state index contributed by atoms with van der Waals surface area (Å²) < 4.78 is 1.65. The Kier molecular flexibility index (Phi) is 6.22. The monoisotopic (exact) mass is 446 g/mol. The Labute approximate surface area is 188 Å². The number of hydroxylamine groups is 1. The van der Waals surface area contributed by atoms with E-state index in [-0.39, 0.29) is 18.1 Å². The summed E-state index contributed by atoms with van der Waals surface area (Å²) in [6.45, 7) is 2.32. The third-order valence-corrected chi connectivity index (χ3v) is 5.03. The summed E-state index contributed by atoms with van der Waals surface area (Å²) in [4.78, 5) is 36.4. The molecule has 3 aromatic heterocycles. The molecule has 0 aliphatic rings. The fraction of sp³-hybridized carbons (Fsp3) is 0.182. The quantitative estimate of drug-likeness (QED) is 0.248. The zero-order valence-electron chi connectivity index (χ0n) is 17.8. The van der Waals surface area contributed by atoms with Gasteiger partial charge in [-0.05, 0) is 43.2 Å². The summed E-state index contributed by atoms with van der Waals surface area (Å²) in [7, 11) is 0. The maximum atomic E-state index is 12.6. The number of rotatable bonds is 7. The number of pyridine rings is 1. The molecule has 0 saturated heterocycles. The minimum absolute atomic E-state index is 0.132. The number of hydrogen-bond acceptors (Lipinski definition) is 8. The lowest BCUT2D eigenvalue weighted by Gasteiger charge is -2.06. The van der Waals surface area contributed by atoms with E-state index in [1.165, 1.54) is 6.33 Å². The molecule has 11 heteroatoms. The number of aromatic nitrogens is 5. The molecule has 0 bridgehead atoms. The number of anilines is 2. The Bertz CT molecular complexity index is 1320. The molecule has 4 aromatic rings. The van der Waals surface area contributed by atoms with E-state index >= 15 is 0 Å². The van der Waals surface area contributed by atoms with Crippen LogP contribution in [0.3, 0.4) is 0 Å². The first-order valence-electron chi connectivity index (χ1n) is 10.2. The first-order valence-corrected chi connectivity index (χ1v) is 10.2. The van der Waals surface area contributed by atoms with E-state index in [1.54, 1.807) is 46.7 Å². The van der Waals surface area contributed by atoms with Crippen molar-refractivity contribution >= 4 is 34.5 Å². The number of aryl methyl sites for hydroxylation is 2. The summed E-state index contributed by atoms with van der Waals surface area (Å²) in [6.07, 6.45) is 3.57. The van der Waals surface area contributed by atoms with Crippen molar-refractivity contribution in [3.63, 3.8) is 0 Å². The number of nitrogens with one attached hydrogen (secondary N) is 2. The van der Waals surface area contributed by atoms with Crippen LogP contribution in [-0.4, -0.2) is 41.8 Å². The number of fused-ring (bicyclic) bond motifs is 1. The molecule has 11 nitrogen and oxygen atoms in total. The summed E-state index contributed by atoms with van der Waals surface area (Å²) in [6, 6.07) is 10.6. The Morgan fingerprint density at radius 1 is 1.12 bits per heavy atom. The van der Waals surface area contributed by atoms with Crippen LogP contribution in [0.25, 0.3) is 22.3 Å². The highest BCUT2D eigenvalue weighted by Crippen LogP contribution is 2.30. The summed E-state index contributed by atoms with van der Waals surface area (Å²) in [5.74, 6) is 0.00547. The topological polar surface area (TPSA) is 161 Å². The molecule has 0 aliphatic carbocycles. The standard InChI is InChI=1S/C22H22N8O3/c1-13-8-9-24-16(11-13)27-22(32)15-6-4-14(5-7-15)19-18-20(23)25-12-26-21(18)30(28-19)10-2-3-17(31)29-33/h4-9,11-12,33H,2-3,10H2,1H3,(H,29,31)(H2,23,25,26)(H,24,27,32). The summed E-state index contributed by atoms with van der Waals surface area (Å²) in [5, 5.41) is 16.6. The molecule has 0 radical (unpaired) electrons. The van der Waals surface area contributed by atoms with Crippen molar-refractivity contribution in [3.05, 3.63) is 60.0 Å². The molecule has 0 saturated carbocycles. The molecule has 168 valence electrons. The second-order valence-electron chi connectivity index (χ2n) is 7.42. The fourth-order valence-corrected chi connectivity index (χ4v) is 3.41. The number of carbonyl (C=O) groups excluding carboxylic acids is 2.